The second-order valence-electron chi connectivity index (χ2n) is 11.8. The van der Waals surface area contributed by atoms with Crippen LogP contribution in [0.5, 0.6) is 0 Å². The van der Waals surface area contributed by atoms with Crippen molar-refractivity contribution in [1.29, 1.82) is 0 Å². The molecule has 0 amide bonds. The summed E-state index contributed by atoms with van der Waals surface area (Å²) in [7, 11) is 4.72. The normalized spacial score (nSPS) is 45.0. The number of methoxy groups -OCH3 is 3. The molecule has 2 saturated heterocycles. The number of esters is 1. The Morgan fingerprint density at radius 1 is 1.02 bits per heavy atom. The molecular formula is C31H49BrO10. The van der Waals surface area contributed by atoms with E-state index in [0.717, 1.165) is 0 Å². The maximum absolute atomic E-state index is 13.5. The largest absolute Gasteiger partial charge is 0.458 e. The third-order valence-electron chi connectivity index (χ3n) is 8.68. The van der Waals surface area contributed by atoms with E-state index in [1.165, 1.54) is 0 Å². The van der Waals surface area contributed by atoms with Crippen LogP contribution in [0, 0.1) is 17.8 Å². The van der Waals surface area contributed by atoms with Crippen LogP contribution in [0.3, 0.4) is 0 Å². The van der Waals surface area contributed by atoms with Crippen molar-refractivity contribution in [2.45, 2.75) is 114 Å². The lowest BCUT2D eigenvalue weighted by molar-refractivity contribution is -0.348. The predicted molar refractivity (Wildman–Crippen MR) is 160 cm³/mol. The SMILES string of the molecule is CO[C@@H]1[C@@H](OC)[C@H](C)O[C@@H](O[C@@H]2C[C@H]3O[C@@](O)(C2)[C@@H](C)C(=O)O[C@@H](/C=C/C=C/Br)C[C@@H](C)C/C=C\[C@H](O)[C@@H]3C)[C@@H]1OC. The van der Waals surface area contributed by atoms with Crippen LogP contribution in [-0.4, -0.2) is 98.4 Å². The number of aliphatic hydroxyl groups excluding tert-OH is 1. The number of ether oxygens (including phenoxy) is 7. The van der Waals surface area contributed by atoms with Crippen molar-refractivity contribution in [3.8, 4) is 0 Å². The molecule has 11 heteroatoms. The van der Waals surface area contributed by atoms with Gasteiger partial charge in [0.2, 0.25) is 0 Å². The number of carbonyl (C=O) groups excluding carboxylic acids is 1. The molecule has 3 rings (SSSR count). The quantitative estimate of drug-likeness (QED) is 0.235. The second kappa shape index (κ2) is 16.2. The van der Waals surface area contributed by atoms with Crippen LogP contribution in [0.25, 0.3) is 0 Å². The third-order valence-corrected chi connectivity index (χ3v) is 8.99. The standard InChI is InChI=1S/C31H49BrO10/c1-18-11-10-13-24(33)19(2)25-16-23(41-30-28(38-7)27(37-6)26(36-5)21(4)39-30)17-31(35,42-25)20(3)29(34)40-22(15-18)12-8-9-14-32/h8-10,12-14,18-28,30,33,35H,11,15-17H2,1-7H3/b12-8+,13-10-,14-9+/t18-,19-,20-,21-,22-,23+,24-,25+,26-,27+,28+,30-,31-/m0/s1. The Morgan fingerprint density at radius 2 is 1.71 bits per heavy atom. The van der Waals surface area contributed by atoms with E-state index >= 15 is 0 Å². The van der Waals surface area contributed by atoms with Crippen LogP contribution in [0.15, 0.2) is 35.4 Å². The first-order valence-electron chi connectivity index (χ1n) is 14.8. The Bertz CT molecular complexity index is 943. The minimum atomic E-state index is -1.92. The maximum atomic E-state index is 13.5. The molecule has 2 bridgehead atoms. The summed E-state index contributed by atoms with van der Waals surface area (Å²) in [5.41, 5.74) is 0. The topological polar surface area (TPSA) is 122 Å². The van der Waals surface area contributed by atoms with Crippen LogP contribution in [0.2, 0.25) is 0 Å². The van der Waals surface area contributed by atoms with E-state index in [-0.39, 0.29) is 24.5 Å². The first-order valence-corrected chi connectivity index (χ1v) is 15.7. The Kier molecular flexibility index (Phi) is 13.7. The fourth-order valence-electron chi connectivity index (χ4n) is 6.02. The molecule has 0 unspecified atom stereocenters. The number of aliphatic hydroxyl groups is 2. The molecule has 0 aromatic heterocycles. The zero-order valence-corrected chi connectivity index (χ0v) is 27.3. The van der Waals surface area contributed by atoms with Crippen molar-refractivity contribution in [1.82, 2.24) is 0 Å². The molecule has 2 N–H and O–H groups in total. The summed E-state index contributed by atoms with van der Waals surface area (Å²) < 4.78 is 41.9. The molecule has 3 aliphatic rings. The molecule has 42 heavy (non-hydrogen) atoms. The van der Waals surface area contributed by atoms with E-state index < -0.39 is 66.5 Å². The highest BCUT2D eigenvalue weighted by atomic mass is 79.9. The number of hydrogen-bond acceptors (Lipinski definition) is 10. The summed E-state index contributed by atoms with van der Waals surface area (Å²) >= 11 is 3.24. The highest BCUT2D eigenvalue weighted by Crippen LogP contribution is 2.40. The Morgan fingerprint density at radius 3 is 2.36 bits per heavy atom. The van der Waals surface area contributed by atoms with E-state index in [9.17, 15) is 15.0 Å². The number of cyclic esters (lactones) is 1. The van der Waals surface area contributed by atoms with Crippen molar-refractivity contribution in [3.63, 3.8) is 0 Å². The minimum Gasteiger partial charge on any atom is -0.458 e. The number of carbonyl (C=O) groups is 1. The number of rotatable bonds is 7. The van der Waals surface area contributed by atoms with Gasteiger partial charge in [-0.1, -0.05) is 54.1 Å². The lowest BCUT2D eigenvalue weighted by Crippen LogP contribution is -2.61. The molecule has 13 atom stereocenters. The highest BCUT2D eigenvalue weighted by molar-refractivity contribution is 9.11. The maximum Gasteiger partial charge on any atom is 0.314 e. The first-order chi connectivity index (χ1) is 20.0. The molecule has 10 nitrogen and oxygen atoms in total. The number of allylic oxidation sites excluding steroid dienone is 3. The van der Waals surface area contributed by atoms with Gasteiger partial charge in [0.25, 0.3) is 0 Å². The first kappa shape index (κ1) is 35.3. The van der Waals surface area contributed by atoms with Gasteiger partial charge in [-0.3, -0.25) is 4.79 Å². The van der Waals surface area contributed by atoms with Crippen LogP contribution in [-0.2, 0) is 38.0 Å². The number of fused-ring (bicyclic) bond motifs is 2. The summed E-state index contributed by atoms with van der Waals surface area (Å²) in [5.74, 6) is -3.75. The minimum absolute atomic E-state index is 0.0162. The van der Waals surface area contributed by atoms with Crippen molar-refractivity contribution >= 4 is 21.9 Å². The lowest BCUT2D eigenvalue weighted by Gasteiger charge is -2.48. The average molecular weight is 662 g/mol. The van der Waals surface area contributed by atoms with Gasteiger partial charge < -0.3 is 43.4 Å². The molecule has 0 radical (unpaired) electrons. The van der Waals surface area contributed by atoms with Gasteiger partial charge in [-0.25, -0.2) is 0 Å². The average Bonchev–Trinajstić information content (AvgIpc) is 2.95. The zero-order chi connectivity index (χ0) is 31.0. The Labute approximate surface area is 258 Å². The fourth-order valence-corrected chi connectivity index (χ4v) is 6.19. The Balaban J connectivity index is 1.92. The van der Waals surface area contributed by atoms with Gasteiger partial charge in [-0.2, -0.15) is 0 Å². The third kappa shape index (κ3) is 8.73. The second-order valence-corrected chi connectivity index (χ2v) is 12.3. The van der Waals surface area contributed by atoms with Crippen LogP contribution >= 0.6 is 15.9 Å². The fraction of sp³-hybridized carbons (Fsp3) is 0.774. The van der Waals surface area contributed by atoms with Gasteiger partial charge in [0.05, 0.1) is 24.4 Å². The zero-order valence-electron chi connectivity index (χ0n) is 25.8. The van der Waals surface area contributed by atoms with Crippen molar-refractivity contribution in [3.05, 3.63) is 35.4 Å². The lowest BCUT2D eigenvalue weighted by atomic mass is 9.84. The molecule has 2 fully saturated rings. The van der Waals surface area contributed by atoms with E-state index in [4.69, 9.17) is 33.2 Å². The van der Waals surface area contributed by atoms with Gasteiger partial charge in [-0.15, -0.1) is 0 Å². The van der Waals surface area contributed by atoms with E-state index in [0.29, 0.717) is 19.3 Å². The van der Waals surface area contributed by atoms with Crippen molar-refractivity contribution in [2.24, 2.45) is 17.8 Å². The van der Waals surface area contributed by atoms with Gasteiger partial charge >= 0.3 is 5.97 Å². The molecule has 0 aliphatic carbocycles. The molecule has 0 aromatic carbocycles. The van der Waals surface area contributed by atoms with E-state index in [1.807, 2.05) is 26.0 Å². The molecule has 0 spiro atoms. The van der Waals surface area contributed by atoms with Gasteiger partial charge in [-0.05, 0) is 43.7 Å². The smallest absolute Gasteiger partial charge is 0.314 e. The summed E-state index contributed by atoms with van der Waals surface area (Å²) in [5, 5.41) is 23.0. The van der Waals surface area contributed by atoms with E-state index in [2.05, 4.69) is 22.9 Å². The van der Waals surface area contributed by atoms with Gasteiger partial charge in [0.1, 0.15) is 30.3 Å². The molecular weight excluding hydrogens is 612 g/mol. The van der Waals surface area contributed by atoms with Crippen molar-refractivity contribution in [2.75, 3.05) is 21.3 Å². The summed E-state index contributed by atoms with van der Waals surface area (Å²) in [6, 6.07) is 0. The number of halogens is 1. The molecule has 0 saturated carbocycles. The van der Waals surface area contributed by atoms with Crippen LogP contribution < -0.4 is 0 Å². The van der Waals surface area contributed by atoms with Crippen LogP contribution in [0.1, 0.15) is 53.4 Å². The summed E-state index contributed by atoms with van der Waals surface area (Å²) in [6.45, 7) is 7.40. The van der Waals surface area contributed by atoms with Gasteiger partial charge in [0.15, 0.2) is 12.1 Å². The molecule has 3 heterocycles. The number of hydrogen-bond donors (Lipinski definition) is 2. The van der Waals surface area contributed by atoms with Crippen LogP contribution in [0.4, 0.5) is 0 Å². The van der Waals surface area contributed by atoms with E-state index in [1.54, 1.807) is 51.5 Å². The molecule has 0 aromatic rings. The summed E-state index contributed by atoms with van der Waals surface area (Å²) in [4.78, 5) is 15.2. The highest BCUT2D eigenvalue weighted by Gasteiger charge is 2.52. The summed E-state index contributed by atoms with van der Waals surface area (Å²) in [6.07, 6.45) is 5.56. The molecule has 240 valence electrons. The van der Waals surface area contributed by atoms with Crippen molar-refractivity contribution < 1.29 is 48.2 Å². The Hall–Kier alpha value is -1.15. The monoisotopic (exact) mass is 660 g/mol. The predicted octanol–water partition coefficient (Wildman–Crippen LogP) is 4.02. The van der Waals surface area contributed by atoms with Gasteiger partial charge in [0, 0.05) is 40.1 Å². The molecule has 3 aliphatic heterocycles.